The molecule has 1 atom stereocenters. The van der Waals surface area contributed by atoms with Crippen LogP contribution in [0, 0.1) is 5.92 Å². The van der Waals surface area contributed by atoms with Gasteiger partial charge in [0.15, 0.2) is 0 Å². The highest BCUT2D eigenvalue weighted by Gasteiger charge is 2.12. The summed E-state index contributed by atoms with van der Waals surface area (Å²) in [6.45, 7) is 3.69. The van der Waals surface area contributed by atoms with Crippen LogP contribution in [0.3, 0.4) is 0 Å². The molecule has 1 saturated heterocycles. The lowest BCUT2D eigenvalue weighted by Gasteiger charge is -2.25. The van der Waals surface area contributed by atoms with Crippen molar-refractivity contribution in [2.45, 2.75) is 12.8 Å². The van der Waals surface area contributed by atoms with E-state index in [1.54, 1.807) is 0 Å². The average molecular weight is 215 g/mol. The standard InChI is InChI=1S/C8H18N2.2ClH/c1-10(2)7-8-4-3-5-9-6-8;;/h8-9H,3-7H2,1-2H3;2*1H/t8-;;/m0../s1. The van der Waals surface area contributed by atoms with E-state index in [0.717, 1.165) is 5.92 Å². The van der Waals surface area contributed by atoms with E-state index in [9.17, 15) is 0 Å². The van der Waals surface area contributed by atoms with Gasteiger partial charge in [-0.2, -0.15) is 0 Å². The van der Waals surface area contributed by atoms with Crippen LogP contribution in [0.25, 0.3) is 0 Å². The van der Waals surface area contributed by atoms with Crippen molar-refractivity contribution < 1.29 is 0 Å². The van der Waals surface area contributed by atoms with Crippen LogP contribution in [-0.2, 0) is 0 Å². The fourth-order valence-electron chi connectivity index (χ4n) is 1.60. The maximum atomic E-state index is 3.41. The molecular weight excluding hydrogens is 195 g/mol. The average Bonchev–Trinajstić information content (AvgIpc) is 1.88. The van der Waals surface area contributed by atoms with E-state index < -0.39 is 0 Å². The van der Waals surface area contributed by atoms with Crippen LogP contribution in [0.5, 0.6) is 0 Å². The predicted octanol–water partition coefficient (Wildman–Crippen LogP) is 1.39. The van der Waals surface area contributed by atoms with Gasteiger partial charge < -0.3 is 10.2 Å². The summed E-state index contributed by atoms with van der Waals surface area (Å²) in [6, 6.07) is 0. The van der Waals surface area contributed by atoms with E-state index in [4.69, 9.17) is 0 Å². The molecule has 4 heteroatoms. The van der Waals surface area contributed by atoms with Crippen LogP contribution in [0.4, 0.5) is 0 Å². The Morgan fingerprint density at radius 3 is 2.42 bits per heavy atom. The zero-order valence-corrected chi connectivity index (χ0v) is 9.51. The number of rotatable bonds is 2. The van der Waals surface area contributed by atoms with Gasteiger partial charge in [0.25, 0.3) is 0 Å². The van der Waals surface area contributed by atoms with Gasteiger partial charge >= 0.3 is 0 Å². The topological polar surface area (TPSA) is 15.3 Å². The van der Waals surface area contributed by atoms with E-state index in [1.165, 1.54) is 32.5 Å². The Morgan fingerprint density at radius 1 is 1.33 bits per heavy atom. The molecule has 0 spiro atoms. The SMILES string of the molecule is CN(C)C[C@H]1CCCNC1.Cl.Cl. The van der Waals surface area contributed by atoms with Crippen molar-refractivity contribution in [1.29, 1.82) is 0 Å². The van der Waals surface area contributed by atoms with Crippen molar-refractivity contribution in [2.24, 2.45) is 5.92 Å². The number of halogens is 2. The van der Waals surface area contributed by atoms with Crippen LogP contribution >= 0.6 is 24.8 Å². The molecule has 0 amide bonds. The lowest BCUT2D eigenvalue weighted by atomic mass is 9.99. The molecule has 0 aromatic rings. The van der Waals surface area contributed by atoms with Gasteiger partial charge in [-0.1, -0.05) is 0 Å². The maximum Gasteiger partial charge on any atom is 0.00157 e. The minimum Gasteiger partial charge on any atom is -0.316 e. The lowest BCUT2D eigenvalue weighted by molar-refractivity contribution is 0.276. The molecule has 1 rings (SSSR count). The molecule has 1 N–H and O–H groups in total. The second-order valence-electron chi connectivity index (χ2n) is 3.47. The molecule has 0 radical (unpaired) electrons. The fourth-order valence-corrected chi connectivity index (χ4v) is 1.60. The van der Waals surface area contributed by atoms with Crippen molar-refractivity contribution in [3.8, 4) is 0 Å². The minimum absolute atomic E-state index is 0. The molecule has 0 aliphatic carbocycles. The Hall–Kier alpha value is 0.500. The highest BCUT2D eigenvalue weighted by atomic mass is 35.5. The summed E-state index contributed by atoms with van der Waals surface area (Å²) < 4.78 is 0. The van der Waals surface area contributed by atoms with Crippen molar-refractivity contribution >= 4 is 24.8 Å². The molecule has 2 nitrogen and oxygen atoms in total. The van der Waals surface area contributed by atoms with Gasteiger partial charge in [0.2, 0.25) is 0 Å². The molecule has 0 saturated carbocycles. The van der Waals surface area contributed by atoms with E-state index in [0.29, 0.717) is 0 Å². The molecule has 0 unspecified atom stereocenters. The Balaban J connectivity index is 0. The van der Waals surface area contributed by atoms with Crippen molar-refractivity contribution in [2.75, 3.05) is 33.7 Å². The van der Waals surface area contributed by atoms with Crippen LogP contribution in [0.15, 0.2) is 0 Å². The Bertz CT molecular complexity index is 93.1. The fraction of sp³-hybridized carbons (Fsp3) is 1.00. The second-order valence-corrected chi connectivity index (χ2v) is 3.47. The smallest absolute Gasteiger partial charge is 0.00157 e. The third kappa shape index (κ3) is 6.06. The lowest BCUT2D eigenvalue weighted by Crippen LogP contribution is -2.35. The predicted molar refractivity (Wildman–Crippen MR) is 58.6 cm³/mol. The second kappa shape index (κ2) is 8.11. The van der Waals surface area contributed by atoms with Gasteiger partial charge in [0.1, 0.15) is 0 Å². The Kier molecular flexibility index (Phi) is 10.1. The van der Waals surface area contributed by atoms with Crippen LogP contribution in [0.2, 0.25) is 0 Å². The summed E-state index contributed by atoms with van der Waals surface area (Å²) in [6.07, 6.45) is 2.77. The summed E-state index contributed by atoms with van der Waals surface area (Å²) in [7, 11) is 4.29. The van der Waals surface area contributed by atoms with Gasteiger partial charge in [0.05, 0.1) is 0 Å². The maximum absolute atomic E-state index is 3.41. The van der Waals surface area contributed by atoms with Crippen LogP contribution in [-0.4, -0.2) is 38.6 Å². The molecular formula is C8H20Cl2N2. The van der Waals surface area contributed by atoms with E-state index >= 15 is 0 Å². The molecule has 1 fully saturated rings. The quantitative estimate of drug-likeness (QED) is 0.748. The first-order valence-corrected chi connectivity index (χ1v) is 4.14. The molecule has 1 aliphatic heterocycles. The summed E-state index contributed by atoms with van der Waals surface area (Å²) in [5.41, 5.74) is 0. The minimum atomic E-state index is 0. The highest BCUT2D eigenvalue weighted by molar-refractivity contribution is 5.85. The number of hydrogen-bond acceptors (Lipinski definition) is 2. The van der Waals surface area contributed by atoms with Crippen LogP contribution in [0.1, 0.15) is 12.8 Å². The largest absolute Gasteiger partial charge is 0.316 e. The first kappa shape index (κ1) is 15.0. The van der Waals surface area contributed by atoms with E-state index in [-0.39, 0.29) is 24.8 Å². The van der Waals surface area contributed by atoms with Gasteiger partial charge in [-0.3, -0.25) is 0 Å². The first-order chi connectivity index (χ1) is 4.79. The van der Waals surface area contributed by atoms with Gasteiger partial charge in [-0.15, -0.1) is 24.8 Å². The third-order valence-corrected chi connectivity index (χ3v) is 2.02. The molecule has 76 valence electrons. The normalized spacial score (nSPS) is 22.8. The molecule has 0 aromatic heterocycles. The molecule has 1 heterocycles. The summed E-state index contributed by atoms with van der Waals surface area (Å²) in [5.74, 6) is 0.892. The van der Waals surface area contributed by atoms with Crippen LogP contribution < -0.4 is 5.32 Å². The van der Waals surface area contributed by atoms with Gasteiger partial charge in [-0.05, 0) is 45.9 Å². The zero-order valence-electron chi connectivity index (χ0n) is 7.88. The number of piperidine rings is 1. The van der Waals surface area contributed by atoms with Crippen molar-refractivity contribution in [1.82, 2.24) is 10.2 Å². The zero-order chi connectivity index (χ0) is 7.40. The Morgan fingerprint density at radius 2 is 2.00 bits per heavy atom. The molecule has 0 aromatic carbocycles. The number of nitrogens with one attached hydrogen (secondary N) is 1. The number of nitrogens with zero attached hydrogens (tertiary/aromatic N) is 1. The highest BCUT2D eigenvalue weighted by Crippen LogP contribution is 2.09. The monoisotopic (exact) mass is 214 g/mol. The third-order valence-electron chi connectivity index (χ3n) is 2.02. The Labute approximate surface area is 87.9 Å². The van der Waals surface area contributed by atoms with Crippen molar-refractivity contribution in [3.05, 3.63) is 0 Å². The summed E-state index contributed by atoms with van der Waals surface area (Å²) in [5, 5.41) is 3.41. The van der Waals surface area contributed by atoms with Gasteiger partial charge in [-0.25, -0.2) is 0 Å². The molecule has 0 bridgehead atoms. The number of hydrogen-bond donors (Lipinski definition) is 1. The molecule has 1 aliphatic rings. The molecule has 12 heavy (non-hydrogen) atoms. The van der Waals surface area contributed by atoms with Gasteiger partial charge in [0, 0.05) is 6.54 Å². The van der Waals surface area contributed by atoms with Crippen molar-refractivity contribution in [3.63, 3.8) is 0 Å². The van der Waals surface area contributed by atoms with E-state index in [1.807, 2.05) is 0 Å². The first-order valence-electron chi connectivity index (χ1n) is 4.14. The summed E-state index contributed by atoms with van der Waals surface area (Å²) in [4.78, 5) is 2.28. The summed E-state index contributed by atoms with van der Waals surface area (Å²) >= 11 is 0. The van der Waals surface area contributed by atoms with E-state index in [2.05, 4.69) is 24.3 Å².